The van der Waals surface area contributed by atoms with E-state index in [1.807, 2.05) is 30.3 Å². The number of para-hydroxylation sites is 1. The molecule has 3 rings (SSSR count). The van der Waals surface area contributed by atoms with Crippen molar-refractivity contribution < 1.29 is 14.7 Å². The van der Waals surface area contributed by atoms with Gasteiger partial charge < -0.3 is 15.7 Å². The first-order valence-corrected chi connectivity index (χ1v) is 10.6. The SMILES string of the molecule is CCCC(Nc1nc2ccccc2cc1C)c1ccc(C(=O)NC(C)CC(=O)O)cc1. The number of hydrogen-bond donors (Lipinski definition) is 3. The Morgan fingerprint density at radius 3 is 2.48 bits per heavy atom. The highest BCUT2D eigenvalue weighted by Crippen LogP contribution is 2.27. The summed E-state index contributed by atoms with van der Waals surface area (Å²) in [7, 11) is 0. The molecule has 1 heterocycles. The van der Waals surface area contributed by atoms with Crippen LogP contribution in [0.25, 0.3) is 10.9 Å². The van der Waals surface area contributed by atoms with Crippen LogP contribution >= 0.6 is 0 Å². The maximum atomic E-state index is 12.4. The highest BCUT2D eigenvalue weighted by atomic mass is 16.4. The van der Waals surface area contributed by atoms with Crippen molar-refractivity contribution in [2.24, 2.45) is 0 Å². The lowest BCUT2D eigenvalue weighted by atomic mass is 10.00. The number of hydrogen-bond acceptors (Lipinski definition) is 4. The van der Waals surface area contributed by atoms with E-state index >= 15 is 0 Å². The number of carboxylic acids is 1. The lowest BCUT2D eigenvalue weighted by Gasteiger charge is -2.21. The summed E-state index contributed by atoms with van der Waals surface area (Å²) in [5.74, 6) is -0.344. The molecule has 0 aliphatic rings. The molecule has 0 saturated carbocycles. The van der Waals surface area contributed by atoms with Gasteiger partial charge in [0.25, 0.3) is 5.91 Å². The average Bonchev–Trinajstić information content (AvgIpc) is 2.73. The van der Waals surface area contributed by atoms with Crippen LogP contribution in [0, 0.1) is 6.92 Å². The van der Waals surface area contributed by atoms with Crippen molar-refractivity contribution in [1.82, 2.24) is 10.3 Å². The lowest BCUT2D eigenvalue weighted by Crippen LogP contribution is -2.34. The van der Waals surface area contributed by atoms with Crippen LogP contribution in [-0.2, 0) is 4.79 Å². The standard InChI is InChI=1S/C25H29N3O3/c1-4-7-21(27-24-16(2)14-20-8-5-6-9-22(20)28-24)18-10-12-19(13-11-18)25(31)26-17(3)15-23(29)30/h5-6,8-14,17,21H,4,7,15H2,1-3H3,(H,26,31)(H,27,28)(H,29,30). The van der Waals surface area contributed by atoms with Gasteiger partial charge in [0.15, 0.2) is 0 Å². The van der Waals surface area contributed by atoms with E-state index in [2.05, 4.69) is 36.6 Å². The van der Waals surface area contributed by atoms with Gasteiger partial charge in [-0.3, -0.25) is 9.59 Å². The summed E-state index contributed by atoms with van der Waals surface area (Å²) in [5, 5.41) is 16.3. The molecular formula is C25H29N3O3. The van der Waals surface area contributed by atoms with E-state index in [1.54, 1.807) is 19.1 Å². The minimum absolute atomic E-state index is 0.0698. The van der Waals surface area contributed by atoms with Gasteiger partial charge in [-0.2, -0.15) is 0 Å². The predicted octanol–water partition coefficient (Wildman–Crippen LogP) is 5.09. The van der Waals surface area contributed by atoms with Crippen molar-refractivity contribution in [3.8, 4) is 0 Å². The van der Waals surface area contributed by atoms with E-state index in [-0.39, 0.29) is 18.4 Å². The second-order valence-corrected chi connectivity index (χ2v) is 7.93. The number of benzene rings is 2. The minimum Gasteiger partial charge on any atom is -0.481 e. The third-order valence-electron chi connectivity index (χ3n) is 5.24. The number of aryl methyl sites for hydroxylation is 1. The van der Waals surface area contributed by atoms with Gasteiger partial charge in [0, 0.05) is 17.0 Å². The maximum Gasteiger partial charge on any atom is 0.305 e. The number of carbonyl (C=O) groups excluding carboxylic acids is 1. The number of fused-ring (bicyclic) bond motifs is 1. The highest BCUT2D eigenvalue weighted by Gasteiger charge is 2.16. The lowest BCUT2D eigenvalue weighted by molar-refractivity contribution is -0.137. The van der Waals surface area contributed by atoms with Gasteiger partial charge in [-0.1, -0.05) is 43.7 Å². The first-order chi connectivity index (χ1) is 14.9. The van der Waals surface area contributed by atoms with E-state index in [0.29, 0.717) is 5.56 Å². The smallest absolute Gasteiger partial charge is 0.305 e. The maximum absolute atomic E-state index is 12.4. The van der Waals surface area contributed by atoms with E-state index in [1.165, 1.54) is 0 Å². The molecule has 3 N–H and O–H groups in total. The van der Waals surface area contributed by atoms with E-state index in [9.17, 15) is 9.59 Å². The van der Waals surface area contributed by atoms with Crippen molar-refractivity contribution in [1.29, 1.82) is 0 Å². The average molecular weight is 420 g/mol. The van der Waals surface area contributed by atoms with Crippen LogP contribution in [0.4, 0.5) is 5.82 Å². The fourth-order valence-electron chi connectivity index (χ4n) is 3.63. The van der Waals surface area contributed by atoms with Gasteiger partial charge in [-0.15, -0.1) is 0 Å². The molecule has 0 spiro atoms. The van der Waals surface area contributed by atoms with Gasteiger partial charge in [0.2, 0.25) is 0 Å². The highest BCUT2D eigenvalue weighted by molar-refractivity contribution is 5.94. The summed E-state index contributed by atoms with van der Waals surface area (Å²) in [6.45, 7) is 5.87. The van der Waals surface area contributed by atoms with Crippen molar-refractivity contribution >= 4 is 28.6 Å². The fourth-order valence-corrected chi connectivity index (χ4v) is 3.63. The van der Waals surface area contributed by atoms with Gasteiger partial charge in [0.05, 0.1) is 18.0 Å². The number of carboxylic acid groups (broad SMARTS) is 1. The van der Waals surface area contributed by atoms with Crippen molar-refractivity contribution in [2.45, 2.75) is 52.1 Å². The summed E-state index contributed by atoms with van der Waals surface area (Å²) < 4.78 is 0. The second kappa shape index (κ2) is 10.1. The predicted molar refractivity (Wildman–Crippen MR) is 123 cm³/mol. The number of anilines is 1. The molecule has 0 bridgehead atoms. The Hall–Kier alpha value is -3.41. The number of pyridine rings is 1. The molecule has 2 aromatic carbocycles. The van der Waals surface area contributed by atoms with E-state index in [4.69, 9.17) is 10.1 Å². The molecule has 2 atom stereocenters. The minimum atomic E-state index is -0.936. The van der Waals surface area contributed by atoms with Crippen LogP contribution in [0.15, 0.2) is 54.6 Å². The fraction of sp³-hybridized carbons (Fsp3) is 0.320. The molecule has 0 saturated heterocycles. The van der Waals surface area contributed by atoms with Crippen LogP contribution in [0.1, 0.15) is 60.6 Å². The Morgan fingerprint density at radius 2 is 1.81 bits per heavy atom. The first-order valence-electron chi connectivity index (χ1n) is 10.6. The van der Waals surface area contributed by atoms with Crippen LogP contribution in [0.2, 0.25) is 0 Å². The van der Waals surface area contributed by atoms with Gasteiger partial charge in [-0.05, 0) is 55.7 Å². The quantitative estimate of drug-likeness (QED) is 0.449. The molecular weight excluding hydrogens is 390 g/mol. The van der Waals surface area contributed by atoms with Crippen LogP contribution in [0.3, 0.4) is 0 Å². The van der Waals surface area contributed by atoms with Gasteiger partial charge >= 0.3 is 5.97 Å². The third-order valence-corrected chi connectivity index (χ3v) is 5.24. The van der Waals surface area contributed by atoms with Crippen LogP contribution in [-0.4, -0.2) is 28.0 Å². The number of amides is 1. The molecule has 3 aromatic rings. The number of nitrogens with one attached hydrogen (secondary N) is 2. The molecule has 162 valence electrons. The molecule has 31 heavy (non-hydrogen) atoms. The molecule has 0 radical (unpaired) electrons. The Morgan fingerprint density at radius 1 is 1.10 bits per heavy atom. The monoisotopic (exact) mass is 419 g/mol. The Kier molecular flexibility index (Phi) is 7.23. The van der Waals surface area contributed by atoms with Gasteiger partial charge in [-0.25, -0.2) is 4.98 Å². The Bertz CT molecular complexity index is 1060. The van der Waals surface area contributed by atoms with Crippen molar-refractivity contribution in [3.05, 3.63) is 71.3 Å². The Balaban J connectivity index is 1.76. The van der Waals surface area contributed by atoms with E-state index < -0.39 is 12.0 Å². The molecule has 0 fully saturated rings. The molecule has 0 aliphatic carbocycles. The van der Waals surface area contributed by atoms with Gasteiger partial charge in [0.1, 0.15) is 5.82 Å². The molecule has 0 aliphatic heterocycles. The van der Waals surface area contributed by atoms with Crippen LogP contribution < -0.4 is 10.6 Å². The summed E-state index contributed by atoms with van der Waals surface area (Å²) in [4.78, 5) is 28.0. The first kappa shape index (κ1) is 22.3. The normalized spacial score (nSPS) is 12.9. The number of carbonyl (C=O) groups is 2. The summed E-state index contributed by atoms with van der Waals surface area (Å²) in [5.41, 5.74) is 3.62. The zero-order chi connectivity index (χ0) is 22.4. The summed E-state index contributed by atoms with van der Waals surface area (Å²) in [6, 6.07) is 17.3. The topological polar surface area (TPSA) is 91.3 Å². The van der Waals surface area contributed by atoms with Crippen molar-refractivity contribution in [3.63, 3.8) is 0 Å². The third kappa shape index (κ3) is 5.81. The van der Waals surface area contributed by atoms with Crippen LogP contribution in [0.5, 0.6) is 0 Å². The molecule has 6 nitrogen and oxygen atoms in total. The van der Waals surface area contributed by atoms with E-state index in [0.717, 1.165) is 40.7 Å². The molecule has 6 heteroatoms. The van der Waals surface area contributed by atoms with Crippen molar-refractivity contribution in [2.75, 3.05) is 5.32 Å². The molecule has 2 unspecified atom stereocenters. The summed E-state index contributed by atoms with van der Waals surface area (Å²) in [6.07, 6.45) is 1.82. The largest absolute Gasteiger partial charge is 0.481 e. The second-order valence-electron chi connectivity index (χ2n) is 7.93. The Labute approximate surface area is 182 Å². The number of nitrogens with zero attached hydrogens (tertiary/aromatic N) is 1. The molecule has 1 amide bonds. The zero-order valence-corrected chi connectivity index (χ0v) is 18.2. The number of aliphatic carboxylic acids is 1. The number of rotatable bonds is 9. The zero-order valence-electron chi connectivity index (χ0n) is 18.2. The number of aromatic nitrogens is 1. The summed E-state index contributed by atoms with van der Waals surface area (Å²) >= 11 is 0. The molecule has 1 aromatic heterocycles.